The number of hydrazine groups is 2. The topological polar surface area (TPSA) is 247 Å². The van der Waals surface area contributed by atoms with Gasteiger partial charge in [-0.05, 0) is 183 Å². The van der Waals surface area contributed by atoms with Gasteiger partial charge in [0.25, 0.3) is 11.8 Å². The summed E-state index contributed by atoms with van der Waals surface area (Å²) in [4.78, 5) is 111. The minimum atomic E-state index is -2.16. The first-order valence-electron chi connectivity index (χ1n) is 39.9. The number of hydrogen-bond acceptors (Lipinski definition) is 16. The van der Waals surface area contributed by atoms with E-state index in [-0.39, 0.29) is 108 Å². The zero-order chi connectivity index (χ0) is 81.3. The number of nitrogens with zero attached hydrogens (tertiary/aromatic N) is 2. The van der Waals surface area contributed by atoms with E-state index in [2.05, 4.69) is 108 Å². The highest BCUT2D eigenvalue weighted by atomic mass is 28.4. The molecule has 2 fully saturated rings. The fraction of sp³-hybridized carbons (Fsp3) is 0.568. The molecule has 4 amide bonds. The molecule has 3 heterocycles. The molecule has 604 valence electrons. The summed E-state index contributed by atoms with van der Waals surface area (Å²) in [6.45, 7) is 46.5. The van der Waals surface area contributed by atoms with Crippen LogP contribution in [0.2, 0.25) is 36.3 Å². The molecule has 3 aliphatic rings. The van der Waals surface area contributed by atoms with E-state index in [0.29, 0.717) is 77.0 Å². The zero-order valence-corrected chi connectivity index (χ0v) is 71.2. The molecule has 7 rings (SSSR count). The monoisotopic (exact) mass is 1550 g/mol. The first-order valence-corrected chi connectivity index (χ1v) is 45.7. The van der Waals surface area contributed by atoms with Gasteiger partial charge in [-0.2, -0.15) is 0 Å². The molecule has 0 aliphatic carbocycles. The number of fused-ring (bicyclic) bond motifs is 4. The van der Waals surface area contributed by atoms with Crippen LogP contribution in [0.15, 0.2) is 122 Å². The highest BCUT2D eigenvalue weighted by Gasteiger charge is 2.43. The van der Waals surface area contributed by atoms with Gasteiger partial charge in [0, 0.05) is 75.7 Å². The Hall–Kier alpha value is -7.87. The van der Waals surface area contributed by atoms with Crippen molar-refractivity contribution in [1.29, 1.82) is 0 Å². The van der Waals surface area contributed by atoms with Crippen molar-refractivity contribution in [3.8, 4) is 11.5 Å². The van der Waals surface area contributed by atoms with Gasteiger partial charge in [-0.3, -0.25) is 48.4 Å². The van der Waals surface area contributed by atoms with Crippen LogP contribution in [0, 0.1) is 35.5 Å². The maximum Gasteiger partial charge on any atom is 0.325 e. The predicted molar refractivity (Wildman–Crippen MR) is 441 cm³/mol. The summed E-state index contributed by atoms with van der Waals surface area (Å²) in [5.41, 5.74) is 11.4. The molecule has 3 aliphatic heterocycles. The fourth-order valence-corrected chi connectivity index (χ4v) is 15.2. The fourth-order valence-electron chi connectivity index (χ4n) is 13.1. The van der Waals surface area contributed by atoms with Gasteiger partial charge in [-0.1, -0.05) is 175 Å². The Morgan fingerprint density at radius 1 is 0.755 bits per heavy atom. The number of amides is 4. The second kappa shape index (κ2) is 42.7. The van der Waals surface area contributed by atoms with Gasteiger partial charge >= 0.3 is 11.9 Å². The SMILES string of the molecule is C=CCC[C@@H](OCC)[C@@H](C)C(=O)C[C@H](C(=O)N[C@@H](Cc1cccc(O[Si](C)(C)C(C)(C)C)c1)C(=O)N1CCC[C@@H](C(=O)OCc2cccc(C=C)c2)N1)C(C)C.CCO[C@@H]1CC/C=C/c2cccc(c2)COC(=O)[C@@H]2CCCN(N2)C(=O)[C@H](Cc2cccc(O[Si](C)(C)C(C)(C)C)c2)NC(=O)[C@H](C(C)C)CC(=O)[C@@H]1C. The molecule has 22 heteroatoms. The van der Waals surface area contributed by atoms with Crippen molar-refractivity contribution in [2.75, 3.05) is 26.3 Å². The molecule has 4 bridgehead atoms. The highest BCUT2D eigenvalue weighted by Crippen LogP contribution is 2.39. The van der Waals surface area contributed by atoms with Crippen molar-refractivity contribution in [2.24, 2.45) is 35.5 Å². The molecular formula is C88H130N6O14Si2. The highest BCUT2D eigenvalue weighted by molar-refractivity contribution is 6.75. The van der Waals surface area contributed by atoms with Crippen LogP contribution in [-0.2, 0) is 83.4 Å². The van der Waals surface area contributed by atoms with Crippen LogP contribution in [0.5, 0.6) is 11.5 Å². The molecule has 4 N–H and O–H groups in total. The average molecular weight is 1550 g/mol. The third-order valence-electron chi connectivity index (χ3n) is 22.2. The van der Waals surface area contributed by atoms with Crippen molar-refractivity contribution in [3.63, 3.8) is 0 Å². The van der Waals surface area contributed by atoms with Crippen LogP contribution < -0.4 is 30.3 Å². The van der Waals surface area contributed by atoms with Crippen molar-refractivity contribution < 1.29 is 66.2 Å². The Kier molecular flexibility index (Phi) is 35.3. The minimum Gasteiger partial charge on any atom is -0.543 e. The van der Waals surface area contributed by atoms with E-state index in [1.165, 1.54) is 10.0 Å². The van der Waals surface area contributed by atoms with E-state index < -0.39 is 76.4 Å². The van der Waals surface area contributed by atoms with Gasteiger partial charge in [-0.15, -0.1) is 6.58 Å². The van der Waals surface area contributed by atoms with E-state index >= 15 is 0 Å². The van der Waals surface area contributed by atoms with Crippen molar-refractivity contribution in [2.45, 2.75) is 260 Å². The third-order valence-corrected chi connectivity index (χ3v) is 31.0. The van der Waals surface area contributed by atoms with Gasteiger partial charge in [0.15, 0.2) is 0 Å². The van der Waals surface area contributed by atoms with E-state index in [1.54, 1.807) is 6.08 Å². The predicted octanol–water partition coefficient (Wildman–Crippen LogP) is 15.6. The molecule has 110 heavy (non-hydrogen) atoms. The molecule has 4 aromatic rings. The van der Waals surface area contributed by atoms with Crippen LogP contribution in [-0.4, -0.2) is 136 Å². The maximum atomic E-state index is 14.5. The number of benzene rings is 4. The summed E-state index contributed by atoms with van der Waals surface area (Å²) in [6.07, 6.45) is 12.3. The van der Waals surface area contributed by atoms with E-state index in [9.17, 15) is 38.4 Å². The number of Topliss-reactive ketones (excluding diaryl/α,β-unsaturated/α-hetero) is 2. The summed E-state index contributed by atoms with van der Waals surface area (Å²) in [5.74, 6) is -3.56. The molecule has 4 aromatic carbocycles. The number of hydrogen-bond donors (Lipinski definition) is 4. The summed E-state index contributed by atoms with van der Waals surface area (Å²) in [5, 5.41) is 8.95. The number of esters is 2. The van der Waals surface area contributed by atoms with Crippen LogP contribution in [0.1, 0.15) is 195 Å². The first-order chi connectivity index (χ1) is 51.9. The summed E-state index contributed by atoms with van der Waals surface area (Å²) < 4.78 is 36.6. The Morgan fingerprint density at radius 3 is 2.02 bits per heavy atom. The molecular weight excluding hydrogens is 1420 g/mol. The van der Waals surface area contributed by atoms with Gasteiger partial charge in [0.1, 0.15) is 60.4 Å². The quantitative estimate of drug-likeness (QED) is 0.0234. The average Bonchev–Trinajstić information content (AvgIpc) is 0.827. The number of ether oxygens (including phenoxy) is 4. The van der Waals surface area contributed by atoms with E-state index in [4.69, 9.17) is 27.8 Å². The summed E-state index contributed by atoms with van der Waals surface area (Å²) in [7, 11) is -4.30. The first kappa shape index (κ1) is 91.0. The molecule has 2 saturated heterocycles. The Bertz CT molecular complexity index is 3770. The third kappa shape index (κ3) is 27.5. The second-order valence-electron chi connectivity index (χ2n) is 33.5. The van der Waals surface area contributed by atoms with Gasteiger partial charge < -0.3 is 38.4 Å². The van der Waals surface area contributed by atoms with Gasteiger partial charge in [-0.25, -0.2) is 10.9 Å². The largest absolute Gasteiger partial charge is 0.543 e. The minimum absolute atomic E-state index is 0.00679. The lowest BCUT2D eigenvalue weighted by Gasteiger charge is -2.36. The van der Waals surface area contributed by atoms with Crippen LogP contribution in [0.4, 0.5) is 0 Å². The smallest absolute Gasteiger partial charge is 0.325 e. The van der Waals surface area contributed by atoms with Crippen molar-refractivity contribution >= 4 is 75.9 Å². The van der Waals surface area contributed by atoms with Crippen LogP contribution in [0.25, 0.3) is 12.2 Å². The number of allylic oxidation sites excluding steroid dienone is 2. The number of nitrogens with one attached hydrogen (secondary N) is 4. The zero-order valence-electron chi connectivity index (χ0n) is 69.2. The summed E-state index contributed by atoms with van der Waals surface area (Å²) >= 11 is 0. The number of cyclic esters (lactones) is 1. The lowest BCUT2D eigenvalue weighted by Crippen LogP contribution is -2.60. The van der Waals surface area contributed by atoms with Gasteiger partial charge in [0.05, 0.1) is 12.2 Å². The normalized spacial score (nSPS) is 20.9. The lowest BCUT2D eigenvalue weighted by atomic mass is 9.84. The molecule has 0 saturated carbocycles. The number of ketones is 2. The summed E-state index contributed by atoms with van der Waals surface area (Å²) in [6, 6.07) is 27.3. The van der Waals surface area contributed by atoms with Crippen molar-refractivity contribution in [3.05, 3.63) is 156 Å². The number of carbonyl (C=O) groups excluding carboxylic acids is 8. The van der Waals surface area contributed by atoms with Crippen molar-refractivity contribution in [1.82, 2.24) is 31.5 Å². The Morgan fingerprint density at radius 2 is 1.39 bits per heavy atom. The Labute approximate surface area is 659 Å². The molecule has 0 spiro atoms. The van der Waals surface area contributed by atoms with Crippen LogP contribution >= 0.6 is 0 Å². The second-order valence-corrected chi connectivity index (χ2v) is 43.0. The molecule has 0 aromatic heterocycles. The standard InChI is InChI=1S/C45H67N3O7Si.C43H63N3O7Si/c1-12-15-24-41(53-14-3)32(6)40(49)29-37(31(4)5)42(50)46-39(28-34-20-17-22-36(27-34)55-56(10,11)45(7,8)9)43(51)48-25-18-23-38(47-48)44(52)54-30-35-21-16-19-33(13-2)26-35;1-10-51-39-22-12-11-16-31-17-13-19-33(24-31)28-52-42(50)36-21-15-23-46(45-36)41(49)37(44-40(48)35(29(2)3)27-38(47)30(39)4)26-32-18-14-20-34(25-32)53-54(8,9)43(5,6)7/h12-13,16-17,19-22,26-27,31-32,37-39,41,47H,1-2,14-15,18,23-25,28-30H2,3-11H3,(H,46,50);11,13-14,16-20,24-25,29-30,35-37,39,45H,10,12,15,21-23,26-28H2,1-9H3,(H,44,48)/b;16-11+/t32-,37-,38-,39-,41+;30-,35-,36-,37-,39+/m00/s1. The van der Waals surface area contributed by atoms with E-state index in [1.807, 2.05) is 165 Å². The lowest BCUT2D eigenvalue weighted by molar-refractivity contribution is -0.155. The molecule has 20 nitrogen and oxygen atoms in total. The molecule has 0 unspecified atom stereocenters. The molecule has 10 atom stereocenters. The number of carbonyl (C=O) groups is 8. The number of rotatable bonds is 28. The maximum absolute atomic E-state index is 14.5. The Balaban J connectivity index is 0.000000344. The van der Waals surface area contributed by atoms with Gasteiger partial charge in [0.2, 0.25) is 28.4 Å². The van der Waals surface area contributed by atoms with Crippen LogP contribution in [0.3, 0.4) is 0 Å². The van der Waals surface area contributed by atoms with E-state index in [0.717, 1.165) is 45.6 Å². The molecule has 0 radical (unpaired) electrons.